The average Bonchev–Trinajstić information content (AvgIpc) is 2.36. The van der Waals surface area contributed by atoms with Gasteiger partial charge in [0.15, 0.2) is 6.61 Å². The number of hydrogen-bond acceptors (Lipinski definition) is 5. The Morgan fingerprint density at radius 1 is 1.38 bits per heavy atom. The van der Waals surface area contributed by atoms with Crippen LogP contribution in [-0.2, 0) is 9.59 Å². The molecule has 116 valence electrons. The Bertz CT molecular complexity index is 504. The first-order valence-corrected chi connectivity index (χ1v) is 5.68. The summed E-state index contributed by atoms with van der Waals surface area (Å²) < 4.78 is 40.2. The maximum Gasteiger partial charge on any atom is 0.422 e. The monoisotopic (exact) mass is 306 g/mol. The van der Waals surface area contributed by atoms with Crippen molar-refractivity contribution in [3.05, 3.63) is 18.3 Å². The smallest absolute Gasteiger partial charge is 0.422 e. The molecular formula is C11H13F3N4O3. The number of nitrogens with two attached hydrogens (primary N) is 2. The zero-order valence-electron chi connectivity index (χ0n) is 10.7. The molecule has 0 bridgehead atoms. The summed E-state index contributed by atoms with van der Waals surface area (Å²) in [5, 5.41) is 2.33. The van der Waals surface area contributed by atoms with E-state index >= 15 is 0 Å². The van der Waals surface area contributed by atoms with Crippen molar-refractivity contribution in [3.63, 3.8) is 0 Å². The predicted molar refractivity (Wildman–Crippen MR) is 66.2 cm³/mol. The van der Waals surface area contributed by atoms with Crippen LogP contribution in [-0.4, -0.2) is 35.6 Å². The SMILES string of the molecule is NC(=O)CC(N)C(=O)Nc1ccc(OCC(F)(F)F)nc1. The lowest BCUT2D eigenvalue weighted by Gasteiger charge is -2.11. The molecule has 0 radical (unpaired) electrons. The standard InChI is InChI=1S/C11H13F3N4O3/c12-11(13,14)5-21-9-2-1-6(4-17-9)18-10(20)7(15)3-8(16)19/h1-2,4,7H,3,5,15H2,(H2,16,19)(H,18,20). The second-order valence-electron chi connectivity index (χ2n) is 4.06. The van der Waals surface area contributed by atoms with E-state index in [1.54, 1.807) is 0 Å². The summed E-state index contributed by atoms with van der Waals surface area (Å²) in [6, 6.07) is 1.32. The van der Waals surface area contributed by atoms with Gasteiger partial charge in [0.25, 0.3) is 0 Å². The molecule has 7 nitrogen and oxygen atoms in total. The van der Waals surface area contributed by atoms with Crippen molar-refractivity contribution in [2.24, 2.45) is 11.5 Å². The number of primary amides is 1. The highest BCUT2D eigenvalue weighted by Gasteiger charge is 2.28. The van der Waals surface area contributed by atoms with Crippen molar-refractivity contribution in [3.8, 4) is 5.88 Å². The second kappa shape index (κ2) is 6.88. The minimum Gasteiger partial charge on any atom is -0.468 e. The highest BCUT2D eigenvalue weighted by atomic mass is 19.4. The summed E-state index contributed by atoms with van der Waals surface area (Å²) >= 11 is 0. The summed E-state index contributed by atoms with van der Waals surface area (Å²) in [6.45, 7) is -1.46. The molecule has 5 N–H and O–H groups in total. The first-order valence-electron chi connectivity index (χ1n) is 5.68. The maximum absolute atomic E-state index is 11.9. The van der Waals surface area contributed by atoms with E-state index in [1.165, 1.54) is 6.07 Å². The molecule has 10 heteroatoms. The van der Waals surface area contributed by atoms with Crippen LogP contribution in [0.25, 0.3) is 0 Å². The van der Waals surface area contributed by atoms with E-state index in [9.17, 15) is 22.8 Å². The number of alkyl halides is 3. The number of rotatable bonds is 6. The first kappa shape index (κ1) is 16.7. The number of carbonyl (C=O) groups is 2. The molecule has 1 atom stereocenters. The van der Waals surface area contributed by atoms with Gasteiger partial charge in [-0.1, -0.05) is 0 Å². The van der Waals surface area contributed by atoms with Gasteiger partial charge in [0.05, 0.1) is 24.3 Å². The van der Waals surface area contributed by atoms with Gasteiger partial charge >= 0.3 is 6.18 Å². The number of aromatic nitrogens is 1. The maximum atomic E-state index is 11.9. The molecule has 1 heterocycles. The van der Waals surface area contributed by atoms with Gasteiger partial charge in [-0.3, -0.25) is 9.59 Å². The Morgan fingerprint density at radius 2 is 2.05 bits per heavy atom. The van der Waals surface area contributed by atoms with Crippen molar-refractivity contribution in [1.82, 2.24) is 4.98 Å². The summed E-state index contributed by atoms with van der Waals surface area (Å²) in [5.41, 5.74) is 10.5. The third kappa shape index (κ3) is 6.56. The topological polar surface area (TPSA) is 120 Å². The molecule has 0 fully saturated rings. The van der Waals surface area contributed by atoms with Crippen LogP contribution in [0.15, 0.2) is 18.3 Å². The van der Waals surface area contributed by atoms with Crippen molar-refractivity contribution in [1.29, 1.82) is 0 Å². The van der Waals surface area contributed by atoms with Gasteiger partial charge < -0.3 is 21.5 Å². The van der Waals surface area contributed by atoms with Gasteiger partial charge in [0.2, 0.25) is 17.7 Å². The molecule has 0 aromatic carbocycles. The average molecular weight is 306 g/mol. The lowest BCUT2D eigenvalue weighted by molar-refractivity contribution is -0.154. The highest BCUT2D eigenvalue weighted by molar-refractivity contribution is 5.97. The Kier molecular flexibility index (Phi) is 5.47. The fourth-order valence-corrected chi connectivity index (χ4v) is 1.24. The van der Waals surface area contributed by atoms with Gasteiger partial charge in [-0.15, -0.1) is 0 Å². The molecule has 2 amide bonds. The largest absolute Gasteiger partial charge is 0.468 e. The number of ether oxygens (including phenoxy) is 1. The zero-order valence-corrected chi connectivity index (χ0v) is 10.7. The van der Waals surface area contributed by atoms with Crippen LogP contribution in [0.4, 0.5) is 18.9 Å². The second-order valence-corrected chi connectivity index (χ2v) is 4.06. The summed E-state index contributed by atoms with van der Waals surface area (Å²) in [5.74, 6) is -1.64. The van der Waals surface area contributed by atoms with Crippen LogP contribution in [0.2, 0.25) is 0 Å². The van der Waals surface area contributed by atoms with Crippen LogP contribution in [0, 0.1) is 0 Å². The fraction of sp³-hybridized carbons (Fsp3) is 0.364. The number of amides is 2. The highest BCUT2D eigenvalue weighted by Crippen LogP contribution is 2.18. The lowest BCUT2D eigenvalue weighted by Crippen LogP contribution is -2.39. The first-order chi connectivity index (χ1) is 9.67. The van der Waals surface area contributed by atoms with Gasteiger partial charge in [-0.25, -0.2) is 4.98 Å². The molecule has 0 saturated carbocycles. The number of halogens is 3. The number of pyridine rings is 1. The Balaban J connectivity index is 2.54. The lowest BCUT2D eigenvalue weighted by atomic mass is 10.2. The quantitative estimate of drug-likeness (QED) is 0.691. The van der Waals surface area contributed by atoms with Crippen molar-refractivity contribution < 1.29 is 27.5 Å². The van der Waals surface area contributed by atoms with Crippen LogP contribution < -0.4 is 21.5 Å². The molecule has 1 unspecified atom stereocenters. The van der Waals surface area contributed by atoms with Crippen molar-refractivity contribution in [2.45, 2.75) is 18.6 Å². The minimum absolute atomic E-state index is 0.194. The van der Waals surface area contributed by atoms with Crippen LogP contribution in [0.3, 0.4) is 0 Å². The van der Waals surface area contributed by atoms with Gasteiger partial charge in [-0.2, -0.15) is 13.2 Å². The number of nitrogens with one attached hydrogen (secondary N) is 1. The van der Waals surface area contributed by atoms with E-state index in [-0.39, 0.29) is 18.0 Å². The molecule has 0 aliphatic carbocycles. The Morgan fingerprint density at radius 3 is 2.52 bits per heavy atom. The Hall–Kier alpha value is -2.36. The number of nitrogens with zero attached hydrogens (tertiary/aromatic N) is 1. The van der Waals surface area contributed by atoms with Crippen molar-refractivity contribution in [2.75, 3.05) is 11.9 Å². The van der Waals surface area contributed by atoms with E-state index in [1.807, 2.05) is 0 Å². The minimum atomic E-state index is -4.46. The van der Waals surface area contributed by atoms with E-state index in [0.717, 1.165) is 12.3 Å². The molecule has 1 aromatic heterocycles. The molecule has 0 spiro atoms. The van der Waals surface area contributed by atoms with Crippen molar-refractivity contribution >= 4 is 17.5 Å². The van der Waals surface area contributed by atoms with E-state index in [4.69, 9.17) is 11.5 Å². The third-order valence-corrected chi connectivity index (χ3v) is 2.15. The third-order valence-electron chi connectivity index (χ3n) is 2.15. The van der Waals surface area contributed by atoms with E-state index in [0.29, 0.717) is 0 Å². The van der Waals surface area contributed by atoms with Crippen LogP contribution >= 0.6 is 0 Å². The van der Waals surface area contributed by atoms with Crippen LogP contribution in [0.1, 0.15) is 6.42 Å². The number of hydrogen-bond donors (Lipinski definition) is 3. The Labute approximate surface area is 117 Å². The molecule has 21 heavy (non-hydrogen) atoms. The molecular weight excluding hydrogens is 293 g/mol. The number of anilines is 1. The molecule has 1 rings (SSSR count). The summed E-state index contributed by atoms with van der Waals surface area (Å²) in [4.78, 5) is 25.7. The molecule has 0 aliphatic heterocycles. The van der Waals surface area contributed by atoms with Gasteiger partial charge in [-0.05, 0) is 6.07 Å². The zero-order chi connectivity index (χ0) is 16.0. The molecule has 1 aromatic rings. The normalized spacial score (nSPS) is 12.6. The van der Waals surface area contributed by atoms with Gasteiger partial charge in [0.1, 0.15) is 0 Å². The number of carbonyl (C=O) groups excluding carboxylic acids is 2. The summed E-state index contributed by atoms with van der Waals surface area (Å²) in [7, 11) is 0. The van der Waals surface area contributed by atoms with E-state index in [2.05, 4.69) is 15.0 Å². The van der Waals surface area contributed by atoms with E-state index < -0.39 is 30.6 Å². The molecule has 0 aliphatic rings. The summed E-state index contributed by atoms with van der Waals surface area (Å²) in [6.07, 6.45) is -3.69. The predicted octanol–water partition coefficient (Wildman–Crippen LogP) is 0.164. The molecule has 0 saturated heterocycles. The van der Waals surface area contributed by atoms with Gasteiger partial charge in [0, 0.05) is 6.07 Å². The van der Waals surface area contributed by atoms with Crippen LogP contribution in [0.5, 0.6) is 5.88 Å². The fourth-order valence-electron chi connectivity index (χ4n) is 1.24.